The van der Waals surface area contributed by atoms with Gasteiger partial charge in [-0.15, -0.1) is 11.6 Å². The Labute approximate surface area is 59.4 Å². The molecule has 9 heavy (non-hydrogen) atoms. The molecule has 0 saturated heterocycles. The molecule has 0 spiro atoms. The minimum absolute atomic E-state index is 0.555. The molecule has 1 aromatic heterocycles. The van der Waals surface area contributed by atoms with Gasteiger partial charge in [0.25, 0.3) is 0 Å². The summed E-state index contributed by atoms with van der Waals surface area (Å²) in [5, 5.41) is 4.02. The van der Waals surface area contributed by atoms with Gasteiger partial charge in [0.1, 0.15) is 0 Å². The number of hydrogen-bond donors (Lipinski definition) is 0. The number of aromatic nitrogens is 2. The molecule has 2 nitrogen and oxygen atoms in total. The van der Waals surface area contributed by atoms with Crippen LogP contribution in [0.4, 0.5) is 0 Å². The maximum atomic E-state index is 5.59. The van der Waals surface area contributed by atoms with Crippen LogP contribution in [0.5, 0.6) is 0 Å². The molecule has 1 rings (SSSR count). The topological polar surface area (TPSA) is 17.8 Å². The first kappa shape index (κ1) is 6.62. The van der Waals surface area contributed by atoms with Crippen LogP contribution >= 0.6 is 11.6 Å². The highest BCUT2D eigenvalue weighted by molar-refractivity contribution is 6.17. The van der Waals surface area contributed by atoms with E-state index < -0.39 is 0 Å². The molecule has 0 amide bonds. The number of aryl methyl sites for hydroxylation is 1. The SMILES string of the molecule is Cc1c(CCl)cnn1C. The van der Waals surface area contributed by atoms with Crippen LogP contribution in [0.1, 0.15) is 11.3 Å². The fourth-order valence-corrected chi connectivity index (χ4v) is 0.938. The van der Waals surface area contributed by atoms with Crippen molar-refractivity contribution in [2.24, 2.45) is 7.05 Å². The lowest BCUT2D eigenvalue weighted by Gasteiger charge is -1.92. The predicted octanol–water partition coefficient (Wildman–Crippen LogP) is 1.47. The molecule has 0 fully saturated rings. The number of halogens is 1. The average molecular weight is 145 g/mol. The van der Waals surface area contributed by atoms with Gasteiger partial charge in [-0.05, 0) is 6.92 Å². The van der Waals surface area contributed by atoms with Gasteiger partial charge in [-0.1, -0.05) is 0 Å². The molecule has 0 aliphatic carbocycles. The van der Waals surface area contributed by atoms with Gasteiger partial charge in [-0.25, -0.2) is 0 Å². The maximum absolute atomic E-state index is 5.59. The molecule has 1 heterocycles. The first-order valence-electron chi connectivity index (χ1n) is 2.79. The van der Waals surface area contributed by atoms with Crippen molar-refractivity contribution in [2.45, 2.75) is 12.8 Å². The van der Waals surface area contributed by atoms with E-state index in [2.05, 4.69) is 5.10 Å². The second kappa shape index (κ2) is 2.40. The summed E-state index contributed by atoms with van der Waals surface area (Å²) in [6.45, 7) is 2.00. The standard InChI is InChI=1S/C6H9ClN2/c1-5-6(3-7)4-8-9(5)2/h4H,3H2,1-2H3. The van der Waals surface area contributed by atoms with Crippen molar-refractivity contribution in [3.63, 3.8) is 0 Å². The molecule has 0 radical (unpaired) electrons. The highest BCUT2D eigenvalue weighted by Gasteiger charge is 1.99. The van der Waals surface area contributed by atoms with Crippen molar-refractivity contribution < 1.29 is 0 Å². The number of hydrogen-bond acceptors (Lipinski definition) is 1. The first-order valence-corrected chi connectivity index (χ1v) is 3.32. The summed E-state index contributed by atoms with van der Waals surface area (Å²) < 4.78 is 1.82. The molecular weight excluding hydrogens is 136 g/mol. The molecule has 50 valence electrons. The zero-order valence-electron chi connectivity index (χ0n) is 5.56. The molecular formula is C6H9ClN2. The van der Waals surface area contributed by atoms with Crippen LogP contribution in [0.25, 0.3) is 0 Å². The molecule has 0 aromatic carbocycles. The van der Waals surface area contributed by atoms with E-state index >= 15 is 0 Å². The fourth-order valence-electron chi connectivity index (χ4n) is 0.675. The fraction of sp³-hybridized carbons (Fsp3) is 0.500. The van der Waals surface area contributed by atoms with Gasteiger partial charge < -0.3 is 0 Å². The van der Waals surface area contributed by atoms with Crippen molar-refractivity contribution in [1.82, 2.24) is 9.78 Å². The van der Waals surface area contributed by atoms with E-state index in [-0.39, 0.29) is 0 Å². The van der Waals surface area contributed by atoms with Gasteiger partial charge in [-0.2, -0.15) is 5.10 Å². The van der Waals surface area contributed by atoms with Gasteiger partial charge in [0.05, 0.1) is 12.1 Å². The smallest absolute Gasteiger partial charge is 0.0536 e. The zero-order chi connectivity index (χ0) is 6.85. The molecule has 0 aliphatic rings. The van der Waals surface area contributed by atoms with Crippen LogP contribution in [0, 0.1) is 6.92 Å². The Bertz CT molecular complexity index is 205. The Morgan fingerprint density at radius 3 is 2.67 bits per heavy atom. The molecule has 0 bridgehead atoms. The van der Waals surface area contributed by atoms with Gasteiger partial charge in [0.2, 0.25) is 0 Å². The number of rotatable bonds is 1. The number of nitrogens with zero attached hydrogens (tertiary/aromatic N) is 2. The third-order valence-corrected chi connectivity index (χ3v) is 1.77. The summed E-state index contributed by atoms with van der Waals surface area (Å²) in [6, 6.07) is 0. The zero-order valence-corrected chi connectivity index (χ0v) is 6.31. The van der Waals surface area contributed by atoms with Crippen molar-refractivity contribution in [3.8, 4) is 0 Å². The lowest BCUT2D eigenvalue weighted by molar-refractivity contribution is 0.739. The summed E-state index contributed by atoms with van der Waals surface area (Å²) in [4.78, 5) is 0. The van der Waals surface area contributed by atoms with Crippen LogP contribution in [-0.4, -0.2) is 9.78 Å². The summed E-state index contributed by atoms with van der Waals surface area (Å²) >= 11 is 5.59. The Hall–Kier alpha value is -0.500. The Morgan fingerprint density at radius 1 is 1.78 bits per heavy atom. The molecule has 0 N–H and O–H groups in total. The minimum atomic E-state index is 0.555. The van der Waals surface area contributed by atoms with E-state index in [4.69, 9.17) is 11.6 Å². The number of alkyl halides is 1. The van der Waals surface area contributed by atoms with Crippen LogP contribution in [0.2, 0.25) is 0 Å². The lowest BCUT2D eigenvalue weighted by Crippen LogP contribution is -1.92. The lowest BCUT2D eigenvalue weighted by atomic mass is 10.3. The van der Waals surface area contributed by atoms with E-state index in [0.717, 1.165) is 11.3 Å². The third kappa shape index (κ3) is 1.08. The predicted molar refractivity (Wildman–Crippen MR) is 37.5 cm³/mol. The molecule has 0 atom stereocenters. The van der Waals surface area contributed by atoms with Crippen LogP contribution in [-0.2, 0) is 12.9 Å². The van der Waals surface area contributed by atoms with Gasteiger partial charge in [0, 0.05) is 18.3 Å². The minimum Gasteiger partial charge on any atom is -0.273 e. The van der Waals surface area contributed by atoms with E-state index in [1.54, 1.807) is 6.20 Å². The summed E-state index contributed by atoms with van der Waals surface area (Å²) in [7, 11) is 1.91. The van der Waals surface area contributed by atoms with Crippen LogP contribution in [0.15, 0.2) is 6.20 Å². The van der Waals surface area contributed by atoms with E-state index in [9.17, 15) is 0 Å². The second-order valence-electron chi connectivity index (χ2n) is 2.01. The highest BCUT2D eigenvalue weighted by Crippen LogP contribution is 2.07. The highest BCUT2D eigenvalue weighted by atomic mass is 35.5. The quantitative estimate of drug-likeness (QED) is 0.546. The Morgan fingerprint density at radius 2 is 2.44 bits per heavy atom. The van der Waals surface area contributed by atoms with Crippen molar-refractivity contribution >= 4 is 11.6 Å². The van der Waals surface area contributed by atoms with E-state index in [0.29, 0.717) is 5.88 Å². The molecule has 3 heteroatoms. The summed E-state index contributed by atoms with van der Waals surface area (Å²) in [5.41, 5.74) is 2.25. The van der Waals surface area contributed by atoms with Gasteiger partial charge in [0.15, 0.2) is 0 Å². The van der Waals surface area contributed by atoms with Crippen LogP contribution < -0.4 is 0 Å². The molecule has 0 unspecified atom stereocenters. The van der Waals surface area contributed by atoms with Crippen molar-refractivity contribution in [1.29, 1.82) is 0 Å². The first-order chi connectivity index (χ1) is 4.25. The van der Waals surface area contributed by atoms with Crippen molar-refractivity contribution in [3.05, 3.63) is 17.5 Å². The molecule has 0 saturated carbocycles. The Kier molecular flexibility index (Phi) is 1.76. The van der Waals surface area contributed by atoms with Crippen molar-refractivity contribution in [2.75, 3.05) is 0 Å². The van der Waals surface area contributed by atoms with Crippen LogP contribution in [0.3, 0.4) is 0 Å². The maximum Gasteiger partial charge on any atom is 0.0536 e. The van der Waals surface area contributed by atoms with Gasteiger partial charge >= 0.3 is 0 Å². The average Bonchev–Trinajstić information content (AvgIpc) is 2.15. The van der Waals surface area contributed by atoms with E-state index in [1.807, 2.05) is 18.7 Å². The Balaban J connectivity index is 3.04. The summed E-state index contributed by atoms with van der Waals surface area (Å²) in [5.74, 6) is 0.555. The summed E-state index contributed by atoms with van der Waals surface area (Å²) in [6.07, 6.45) is 1.79. The third-order valence-electron chi connectivity index (χ3n) is 1.48. The molecule has 1 aromatic rings. The molecule has 0 aliphatic heterocycles. The monoisotopic (exact) mass is 144 g/mol. The van der Waals surface area contributed by atoms with Gasteiger partial charge in [-0.3, -0.25) is 4.68 Å². The second-order valence-corrected chi connectivity index (χ2v) is 2.28. The van der Waals surface area contributed by atoms with E-state index in [1.165, 1.54) is 0 Å². The normalized spacial score (nSPS) is 10.1. The largest absolute Gasteiger partial charge is 0.273 e.